The number of hydrogen-bond donors (Lipinski definition) is 2. The first-order valence-corrected chi connectivity index (χ1v) is 10.2. The van der Waals surface area contributed by atoms with Gasteiger partial charge in [-0.05, 0) is 69.7 Å². The summed E-state index contributed by atoms with van der Waals surface area (Å²) in [6.07, 6.45) is 0.669. The van der Waals surface area contributed by atoms with Gasteiger partial charge in [-0.25, -0.2) is 9.59 Å². The van der Waals surface area contributed by atoms with Gasteiger partial charge in [0.05, 0.1) is 23.8 Å². The van der Waals surface area contributed by atoms with Crippen LogP contribution in [0.25, 0.3) is 0 Å². The van der Waals surface area contributed by atoms with Crippen molar-refractivity contribution in [3.63, 3.8) is 0 Å². The van der Waals surface area contributed by atoms with Crippen molar-refractivity contribution in [3.8, 4) is 5.75 Å². The van der Waals surface area contributed by atoms with Crippen LogP contribution in [0.15, 0.2) is 46.9 Å². The molecule has 0 unspecified atom stereocenters. The van der Waals surface area contributed by atoms with E-state index in [1.165, 1.54) is 12.7 Å². The molecule has 2 rings (SSSR count). The Morgan fingerprint density at radius 3 is 2.34 bits per heavy atom. The number of carbonyl (C=O) groups is 2. The number of methoxy groups -OCH3 is 1. The van der Waals surface area contributed by atoms with E-state index in [1.807, 2.05) is 6.07 Å². The van der Waals surface area contributed by atoms with Crippen LogP contribution in [0.2, 0.25) is 0 Å². The van der Waals surface area contributed by atoms with Crippen molar-refractivity contribution in [1.82, 2.24) is 5.32 Å². The summed E-state index contributed by atoms with van der Waals surface area (Å²) in [4.78, 5) is 23.3. The molecule has 0 aliphatic carbocycles. The molecule has 2 amide bonds. The highest BCUT2D eigenvalue weighted by Crippen LogP contribution is 2.31. The maximum atomic E-state index is 11.9. The van der Waals surface area contributed by atoms with Crippen LogP contribution in [0.1, 0.15) is 43.1 Å². The lowest BCUT2D eigenvalue weighted by molar-refractivity contribution is 0.0600. The van der Waals surface area contributed by atoms with Crippen molar-refractivity contribution in [2.45, 2.75) is 32.6 Å². The van der Waals surface area contributed by atoms with E-state index >= 15 is 0 Å². The van der Waals surface area contributed by atoms with Gasteiger partial charge in [0.15, 0.2) is 0 Å². The monoisotopic (exact) mass is 462 g/mol. The summed E-state index contributed by atoms with van der Waals surface area (Å²) < 4.78 is 11.4. The molecule has 7 heteroatoms. The van der Waals surface area contributed by atoms with Crippen molar-refractivity contribution < 1.29 is 19.1 Å². The van der Waals surface area contributed by atoms with Gasteiger partial charge in [-0.2, -0.15) is 0 Å². The van der Waals surface area contributed by atoms with Gasteiger partial charge < -0.3 is 20.1 Å². The number of carbonyl (C=O) groups excluding carboxylic acids is 2. The molecular weight excluding hydrogens is 436 g/mol. The van der Waals surface area contributed by atoms with Crippen LogP contribution in [0.3, 0.4) is 0 Å². The Kier molecular flexibility index (Phi) is 8.08. The smallest absolute Gasteiger partial charge is 0.337 e. The highest BCUT2D eigenvalue weighted by molar-refractivity contribution is 9.10. The molecule has 0 aliphatic rings. The average Bonchev–Trinajstić information content (AvgIpc) is 2.68. The van der Waals surface area contributed by atoms with Crippen LogP contribution in [0.4, 0.5) is 10.5 Å². The molecule has 0 spiro atoms. The van der Waals surface area contributed by atoms with Gasteiger partial charge in [-0.15, -0.1) is 0 Å². The number of halogens is 1. The number of amides is 2. The zero-order chi connectivity index (χ0) is 21.4. The Balaban J connectivity index is 1.71. The molecule has 0 fully saturated rings. The molecule has 0 saturated heterocycles. The average molecular weight is 463 g/mol. The molecule has 0 aliphatic heterocycles. The first-order valence-electron chi connectivity index (χ1n) is 9.37. The van der Waals surface area contributed by atoms with Crippen LogP contribution < -0.4 is 15.4 Å². The second-order valence-electron chi connectivity index (χ2n) is 7.55. The maximum Gasteiger partial charge on any atom is 0.337 e. The van der Waals surface area contributed by atoms with E-state index < -0.39 is 5.97 Å². The third-order valence-corrected chi connectivity index (χ3v) is 4.85. The first kappa shape index (κ1) is 22.7. The Bertz CT molecular complexity index is 845. The van der Waals surface area contributed by atoms with Gasteiger partial charge in [0.1, 0.15) is 5.75 Å². The van der Waals surface area contributed by atoms with E-state index in [4.69, 9.17) is 4.74 Å². The van der Waals surface area contributed by atoms with Crippen LogP contribution in [0.5, 0.6) is 5.75 Å². The van der Waals surface area contributed by atoms with E-state index in [0.717, 1.165) is 10.2 Å². The third kappa shape index (κ3) is 7.09. The molecule has 2 aromatic rings. The number of urea groups is 1. The molecule has 2 N–H and O–H groups in total. The quantitative estimate of drug-likeness (QED) is 0.441. The molecule has 6 nitrogen and oxygen atoms in total. The molecule has 2 aromatic carbocycles. The Labute approximate surface area is 180 Å². The van der Waals surface area contributed by atoms with Crippen LogP contribution in [0, 0.1) is 0 Å². The Morgan fingerprint density at radius 1 is 1.07 bits per heavy atom. The number of ether oxygens (including phenoxy) is 2. The van der Waals surface area contributed by atoms with Gasteiger partial charge in [0, 0.05) is 12.2 Å². The van der Waals surface area contributed by atoms with Gasteiger partial charge in [-0.1, -0.05) is 26.8 Å². The highest BCUT2D eigenvalue weighted by Gasteiger charge is 2.15. The van der Waals surface area contributed by atoms with E-state index in [-0.39, 0.29) is 11.4 Å². The molecular formula is C22H27BrN2O4. The van der Waals surface area contributed by atoms with Gasteiger partial charge >= 0.3 is 12.0 Å². The van der Waals surface area contributed by atoms with Crippen molar-refractivity contribution >= 4 is 33.6 Å². The third-order valence-electron chi connectivity index (χ3n) is 4.23. The van der Waals surface area contributed by atoms with E-state index in [9.17, 15) is 9.59 Å². The predicted molar refractivity (Wildman–Crippen MR) is 118 cm³/mol. The lowest BCUT2D eigenvalue weighted by atomic mass is 9.87. The fraction of sp³-hybridized carbons (Fsp3) is 0.364. The summed E-state index contributed by atoms with van der Waals surface area (Å²) in [5.41, 5.74) is 2.33. The summed E-state index contributed by atoms with van der Waals surface area (Å²) in [6, 6.07) is 12.3. The second kappa shape index (κ2) is 10.3. The zero-order valence-electron chi connectivity index (χ0n) is 17.2. The Morgan fingerprint density at radius 2 is 1.76 bits per heavy atom. The maximum absolute atomic E-state index is 11.9. The Hall–Kier alpha value is -2.54. The molecule has 0 bridgehead atoms. The van der Waals surface area contributed by atoms with Gasteiger partial charge in [0.2, 0.25) is 0 Å². The van der Waals surface area contributed by atoms with Crippen molar-refractivity contribution in [2.75, 3.05) is 25.6 Å². The standard InChI is InChI=1S/C22H27BrN2O4/c1-22(2,3)16-8-11-19(18(23)14-16)29-13-5-12-24-21(27)25-17-9-6-15(7-10-17)20(26)28-4/h6-11,14H,5,12-13H2,1-4H3,(H2,24,25,27). The summed E-state index contributed by atoms with van der Waals surface area (Å²) in [7, 11) is 1.32. The van der Waals surface area contributed by atoms with Crippen LogP contribution >= 0.6 is 15.9 Å². The minimum Gasteiger partial charge on any atom is -0.492 e. The van der Waals surface area contributed by atoms with E-state index in [0.29, 0.717) is 30.8 Å². The molecule has 0 saturated carbocycles. The summed E-state index contributed by atoms with van der Waals surface area (Å²) in [5, 5.41) is 5.49. The van der Waals surface area contributed by atoms with Crippen molar-refractivity contribution in [2.24, 2.45) is 0 Å². The lowest BCUT2D eigenvalue weighted by Crippen LogP contribution is -2.30. The van der Waals surface area contributed by atoms with Gasteiger partial charge in [0.25, 0.3) is 0 Å². The molecule has 0 heterocycles. The molecule has 156 valence electrons. The lowest BCUT2D eigenvalue weighted by Gasteiger charge is -2.20. The topological polar surface area (TPSA) is 76.7 Å². The SMILES string of the molecule is COC(=O)c1ccc(NC(=O)NCCCOc2ccc(C(C)(C)C)cc2Br)cc1. The van der Waals surface area contributed by atoms with Crippen LogP contribution in [-0.2, 0) is 10.2 Å². The first-order chi connectivity index (χ1) is 13.7. The van der Waals surface area contributed by atoms with E-state index in [2.05, 4.69) is 64.2 Å². The number of rotatable bonds is 7. The van der Waals surface area contributed by atoms with E-state index in [1.54, 1.807) is 24.3 Å². The van der Waals surface area contributed by atoms with Crippen LogP contribution in [-0.4, -0.2) is 32.3 Å². The summed E-state index contributed by atoms with van der Waals surface area (Å²) in [6.45, 7) is 7.46. The summed E-state index contributed by atoms with van der Waals surface area (Å²) in [5.74, 6) is 0.369. The van der Waals surface area contributed by atoms with Crippen molar-refractivity contribution in [1.29, 1.82) is 0 Å². The molecule has 0 atom stereocenters. The number of nitrogens with one attached hydrogen (secondary N) is 2. The number of hydrogen-bond acceptors (Lipinski definition) is 4. The minimum absolute atomic E-state index is 0.0813. The number of esters is 1. The minimum atomic E-state index is -0.416. The predicted octanol–water partition coefficient (Wildman–Crippen LogP) is 5.12. The van der Waals surface area contributed by atoms with Crippen molar-refractivity contribution in [3.05, 3.63) is 58.1 Å². The fourth-order valence-corrected chi connectivity index (χ4v) is 3.02. The highest BCUT2D eigenvalue weighted by atomic mass is 79.9. The number of benzene rings is 2. The second-order valence-corrected chi connectivity index (χ2v) is 8.40. The number of anilines is 1. The zero-order valence-corrected chi connectivity index (χ0v) is 18.8. The van der Waals surface area contributed by atoms with Gasteiger partial charge in [-0.3, -0.25) is 0 Å². The fourth-order valence-electron chi connectivity index (χ4n) is 2.52. The normalized spacial score (nSPS) is 10.9. The molecule has 0 radical (unpaired) electrons. The molecule has 29 heavy (non-hydrogen) atoms. The molecule has 0 aromatic heterocycles. The summed E-state index contributed by atoms with van der Waals surface area (Å²) >= 11 is 3.55. The largest absolute Gasteiger partial charge is 0.492 e.